The summed E-state index contributed by atoms with van der Waals surface area (Å²) in [4.78, 5) is 22.4. The lowest BCUT2D eigenvalue weighted by Gasteiger charge is -2.34. The van der Waals surface area contributed by atoms with E-state index in [4.69, 9.17) is 14.6 Å². The summed E-state index contributed by atoms with van der Waals surface area (Å²) in [5.41, 5.74) is 0.467. The average molecular weight is 380 g/mol. The van der Waals surface area contributed by atoms with Gasteiger partial charge in [-0.3, -0.25) is 4.79 Å². The molecule has 0 aliphatic carbocycles. The fourth-order valence-corrected chi connectivity index (χ4v) is 2.20. The van der Waals surface area contributed by atoms with Crippen molar-refractivity contribution >= 4 is 43.6 Å². The van der Waals surface area contributed by atoms with Gasteiger partial charge in [-0.15, -0.1) is 0 Å². The summed E-state index contributed by atoms with van der Waals surface area (Å²) < 4.78 is 9.08. The van der Waals surface area contributed by atoms with Crippen LogP contribution >= 0.6 is 31.9 Å². The quantitative estimate of drug-likeness (QED) is 0.631. The van der Waals surface area contributed by atoms with Gasteiger partial charge < -0.3 is 14.6 Å². The van der Waals surface area contributed by atoms with E-state index in [-0.39, 0.29) is 11.5 Å². The standard InChI is InChI=1S/C11H8Br2O5/c1-5(14)6-2-3-7-8(4-6)17-9(12)11(13,18-7)10(15)16/h2-4,9H,1H3,(H,15,16). The highest BCUT2D eigenvalue weighted by Gasteiger charge is 2.50. The fourth-order valence-electron chi connectivity index (χ4n) is 1.44. The van der Waals surface area contributed by atoms with Crippen molar-refractivity contribution in [2.75, 3.05) is 0 Å². The molecule has 0 radical (unpaired) electrons. The van der Waals surface area contributed by atoms with E-state index in [0.29, 0.717) is 11.3 Å². The third-order valence-electron chi connectivity index (χ3n) is 2.42. The maximum Gasteiger partial charge on any atom is 0.364 e. The Labute approximate surface area is 119 Å². The molecule has 5 nitrogen and oxygen atoms in total. The molecule has 0 fully saturated rings. The molecule has 0 saturated heterocycles. The van der Waals surface area contributed by atoms with Gasteiger partial charge in [0.1, 0.15) is 0 Å². The number of rotatable bonds is 2. The van der Waals surface area contributed by atoms with Crippen LogP contribution in [-0.4, -0.2) is 26.4 Å². The average Bonchev–Trinajstić information content (AvgIpc) is 2.29. The Bertz CT molecular complexity index is 530. The number of benzene rings is 1. The molecule has 1 N–H and O–H groups in total. The number of halogens is 2. The number of alkyl halides is 2. The van der Waals surface area contributed by atoms with E-state index in [9.17, 15) is 9.59 Å². The molecule has 0 saturated carbocycles. The zero-order chi connectivity index (χ0) is 13.5. The third kappa shape index (κ3) is 2.12. The van der Waals surface area contributed by atoms with Crippen molar-refractivity contribution in [3.8, 4) is 11.5 Å². The van der Waals surface area contributed by atoms with Crippen LogP contribution in [0.4, 0.5) is 0 Å². The van der Waals surface area contributed by atoms with E-state index >= 15 is 0 Å². The SMILES string of the molecule is CC(=O)c1ccc2c(c1)OC(Br)C(Br)(C(=O)O)O2. The monoisotopic (exact) mass is 378 g/mol. The first-order chi connectivity index (χ1) is 8.34. The molecule has 0 amide bonds. The molecule has 2 unspecified atom stereocenters. The molecule has 1 aromatic carbocycles. The third-order valence-corrected chi connectivity index (χ3v) is 4.79. The number of hydrogen-bond donors (Lipinski definition) is 1. The van der Waals surface area contributed by atoms with Gasteiger partial charge in [0, 0.05) is 5.56 Å². The van der Waals surface area contributed by atoms with E-state index in [0.717, 1.165) is 0 Å². The van der Waals surface area contributed by atoms with Gasteiger partial charge >= 0.3 is 10.5 Å². The molecule has 0 aromatic heterocycles. The number of carbonyl (C=O) groups excluding carboxylic acids is 1. The van der Waals surface area contributed by atoms with Crippen molar-refractivity contribution in [2.24, 2.45) is 0 Å². The van der Waals surface area contributed by atoms with Gasteiger partial charge in [-0.1, -0.05) is 0 Å². The Balaban J connectivity index is 2.42. The second-order valence-corrected chi connectivity index (χ2v) is 5.71. The maximum atomic E-state index is 11.2. The smallest absolute Gasteiger partial charge is 0.364 e. The maximum absolute atomic E-state index is 11.2. The molecular weight excluding hydrogens is 372 g/mol. The summed E-state index contributed by atoms with van der Waals surface area (Å²) >= 11 is 6.07. The first-order valence-electron chi connectivity index (χ1n) is 4.91. The van der Waals surface area contributed by atoms with Crippen molar-refractivity contribution in [3.05, 3.63) is 23.8 Å². The number of aliphatic carboxylic acids is 1. The van der Waals surface area contributed by atoms with Crippen molar-refractivity contribution < 1.29 is 24.2 Å². The van der Waals surface area contributed by atoms with Crippen LogP contribution < -0.4 is 9.47 Å². The van der Waals surface area contributed by atoms with Crippen molar-refractivity contribution in [2.45, 2.75) is 16.4 Å². The second kappa shape index (κ2) is 4.55. The fraction of sp³-hybridized carbons (Fsp3) is 0.273. The summed E-state index contributed by atoms with van der Waals surface area (Å²) in [5, 5.41) is 8.18. The molecule has 18 heavy (non-hydrogen) atoms. The van der Waals surface area contributed by atoms with Crippen molar-refractivity contribution in [3.63, 3.8) is 0 Å². The first-order valence-corrected chi connectivity index (χ1v) is 6.62. The number of carboxylic acid groups (broad SMARTS) is 1. The predicted octanol–water partition coefficient (Wildman–Crippen LogP) is 2.56. The molecule has 0 spiro atoms. The highest BCUT2D eigenvalue weighted by molar-refractivity contribution is 9.12. The van der Waals surface area contributed by atoms with Crippen LogP contribution in [0.1, 0.15) is 17.3 Å². The molecule has 96 valence electrons. The number of Topliss-reactive ketones (excluding diaryl/α,β-unsaturated/α-hetero) is 1. The summed E-state index contributed by atoms with van der Waals surface area (Å²) in [5.74, 6) is -0.747. The number of fused-ring (bicyclic) bond motifs is 1. The lowest BCUT2D eigenvalue weighted by molar-refractivity contribution is -0.151. The van der Waals surface area contributed by atoms with E-state index < -0.39 is 15.5 Å². The topological polar surface area (TPSA) is 72.8 Å². The number of hydrogen-bond acceptors (Lipinski definition) is 4. The van der Waals surface area contributed by atoms with Crippen LogP contribution in [0.5, 0.6) is 11.5 Å². The van der Waals surface area contributed by atoms with Crippen LogP contribution in [0.2, 0.25) is 0 Å². The van der Waals surface area contributed by atoms with Gasteiger partial charge in [-0.2, -0.15) is 0 Å². The van der Waals surface area contributed by atoms with Crippen LogP contribution in [0.3, 0.4) is 0 Å². The van der Waals surface area contributed by atoms with Gasteiger partial charge in [0.2, 0.25) is 5.01 Å². The Morgan fingerprint density at radius 1 is 1.39 bits per heavy atom. The molecule has 1 heterocycles. The minimum absolute atomic E-state index is 0.110. The lowest BCUT2D eigenvalue weighted by Crippen LogP contribution is -2.51. The Morgan fingerprint density at radius 2 is 2.06 bits per heavy atom. The normalized spacial score (nSPS) is 25.6. The Morgan fingerprint density at radius 3 is 2.61 bits per heavy atom. The van der Waals surface area contributed by atoms with E-state index in [1.54, 1.807) is 6.07 Å². The highest BCUT2D eigenvalue weighted by Crippen LogP contribution is 2.43. The minimum Gasteiger partial charge on any atom is -0.477 e. The molecule has 7 heteroatoms. The molecule has 0 bridgehead atoms. The van der Waals surface area contributed by atoms with Gasteiger partial charge in [0.05, 0.1) is 0 Å². The number of carboxylic acids is 1. The zero-order valence-corrected chi connectivity index (χ0v) is 12.3. The number of carbonyl (C=O) groups is 2. The predicted molar refractivity (Wildman–Crippen MR) is 69.7 cm³/mol. The Kier molecular flexibility index (Phi) is 3.37. The first kappa shape index (κ1) is 13.4. The molecule has 2 atom stereocenters. The summed E-state index contributed by atoms with van der Waals surface area (Å²) in [6.07, 6.45) is 0. The van der Waals surface area contributed by atoms with Crippen LogP contribution in [0, 0.1) is 0 Å². The van der Waals surface area contributed by atoms with Gasteiger partial charge in [-0.25, -0.2) is 4.79 Å². The van der Waals surface area contributed by atoms with Crippen LogP contribution in [0.25, 0.3) is 0 Å². The second-order valence-electron chi connectivity index (χ2n) is 3.70. The Hall–Kier alpha value is -1.08. The zero-order valence-electron chi connectivity index (χ0n) is 9.15. The molecular formula is C11H8Br2O5. The molecule has 1 aliphatic heterocycles. The summed E-state index contributed by atoms with van der Waals surface area (Å²) in [6.45, 7) is 1.43. The van der Waals surface area contributed by atoms with E-state index in [1.807, 2.05) is 0 Å². The van der Waals surface area contributed by atoms with Gasteiger partial charge in [-0.05, 0) is 57.0 Å². The minimum atomic E-state index is -1.70. The van der Waals surface area contributed by atoms with Crippen molar-refractivity contribution in [1.29, 1.82) is 0 Å². The van der Waals surface area contributed by atoms with Gasteiger partial charge in [0.25, 0.3) is 0 Å². The van der Waals surface area contributed by atoms with E-state index in [2.05, 4.69) is 31.9 Å². The largest absolute Gasteiger partial charge is 0.477 e. The number of ether oxygens (including phenoxy) is 2. The van der Waals surface area contributed by atoms with Crippen LogP contribution in [0.15, 0.2) is 18.2 Å². The van der Waals surface area contributed by atoms with Gasteiger partial charge in [0.15, 0.2) is 17.3 Å². The molecule has 1 aromatic rings. The van der Waals surface area contributed by atoms with E-state index in [1.165, 1.54) is 19.1 Å². The highest BCUT2D eigenvalue weighted by atomic mass is 79.9. The van der Waals surface area contributed by atoms with Crippen molar-refractivity contribution in [1.82, 2.24) is 0 Å². The summed E-state index contributed by atoms with van der Waals surface area (Å²) in [7, 11) is 0. The van der Waals surface area contributed by atoms with Crippen LogP contribution in [-0.2, 0) is 4.79 Å². The molecule has 2 rings (SSSR count). The number of ketones is 1. The molecule has 1 aliphatic rings. The summed E-state index contributed by atoms with van der Waals surface area (Å²) in [6, 6.07) is 4.57. The lowest BCUT2D eigenvalue weighted by atomic mass is 10.1.